The van der Waals surface area contributed by atoms with E-state index in [0.717, 1.165) is 4.90 Å². The Morgan fingerprint density at radius 3 is 1.52 bits per heavy atom. The van der Waals surface area contributed by atoms with Crippen LogP contribution in [0.3, 0.4) is 0 Å². The molecule has 0 N–H and O–H groups in total. The second kappa shape index (κ2) is 11.1. The summed E-state index contributed by atoms with van der Waals surface area (Å²) in [5.74, 6) is -4.84. The first-order valence-electron chi connectivity index (χ1n) is 12.4. The zero-order valence-corrected chi connectivity index (χ0v) is 23.9. The van der Waals surface area contributed by atoms with Crippen molar-refractivity contribution in [1.82, 2.24) is 0 Å². The molecule has 216 valence electrons. The fraction of sp³-hybridized carbons (Fsp3) is 0.357. The van der Waals surface area contributed by atoms with Crippen molar-refractivity contribution in [3.05, 3.63) is 84.9 Å². The zero-order valence-electron chi connectivity index (χ0n) is 21.5. The lowest BCUT2D eigenvalue weighted by molar-refractivity contribution is -0.229. The second-order valence-electron chi connectivity index (χ2n) is 10.1. The Kier molecular flexibility index (Phi) is 8.48. The van der Waals surface area contributed by atoms with E-state index < -0.39 is 36.5 Å². The van der Waals surface area contributed by atoms with E-state index in [1.165, 1.54) is 16.0 Å². The quantitative estimate of drug-likeness (QED) is 0.171. The van der Waals surface area contributed by atoms with Crippen molar-refractivity contribution in [2.45, 2.75) is 62.9 Å². The number of benzene rings is 3. The first-order chi connectivity index (χ1) is 18.6. The van der Waals surface area contributed by atoms with Crippen LogP contribution in [0.4, 0.5) is 17.6 Å². The lowest BCUT2D eigenvalue weighted by atomic mass is 9.78. The molecule has 2 saturated carbocycles. The Morgan fingerprint density at radius 2 is 1.18 bits per heavy atom. The number of sulfone groups is 1. The van der Waals surface area contributed by atoms with E-state index in [2.05, 4.69) is 24.3 Å². The average molecular weight is 617 g/mol. The van der Waals surface area contributed by atoms with Crippen LogP contribution in [-0.4, -0.2) is 38.8 Å². The van der Waals surface area contributed by atoms with Gasteiger partial charge in [-0.15, -0.1) is 0 Å². The van der Waals surface area contributed by atoms with E-state index in [4.69, 9.17) is 0 Å². The van der Waals surface area contributed by atoms with Crippen LogP contribution in [0.25, 0.3) is 0 Å². The molecule has 3 aromatic rings. The number of rotatable bonds is 7. The summed E-state index contributed by atoms with van der Waals surface area (Å²) in [4.78, 5) is 3.89. The molecular formula is C28H28F4O5S3. The molecule has 12 heteroatoms. The first kappa shape index (κ1) is 30.5. The average Bonchev–Trinajstić information content (AvgIpc) is 3.53. The van der Waals surface area contributed by atoms with E-state index in [1.54, 1.807) is 12.1 Å². The van der Waals surface area contributed by atoms with Crippen molar-refractivity contribution in [2.75, 3.05) is 6.26 Å². The van der Waals surface area contributed by atoms with Gasteiger partial charge < -0.3 is 4.55 Å². The molecule has 0 spiro atoms. The van der Waals surface area contributed by atoms with Gasteiger partial charge in [-0.05, 0) is 86.6 Å². The molecule has 2 aliphatic rings. The third kappa shape index (κ3) is 5.81. The molecule has 0 radical (unpaired) electrons. The van der Waals surface area contributed by atoms with E-state index in [9.17, 15) is 39.0 Å². The molecule has 40 heavy (non-hydrogen) atoms. The fourth-order valence-electron chi connectivity index (χ4n) is 5.44. The van der Waals surface area contributed by atoms with Crippen molar-refractivity contribution in [2.24, 2.45) is 11.3 Å². The molecule has 0 atom stereocenters. The predicted molar refractivity (Wildman–Crippen MR) is 143 cm³/mol. The summed E-state index contributed by atoms with van der Waals surface area (Å²) in [5.41, 5.74) is -2.02. The lowest BCUT2D eigenvalue weighted by Gasteiger charge is -2.40. The maximum Gasteiger partial charge on any atom is 0.396 e. The summed E-state index contributed by atoms with van der Waals surface area (Å²) in [6, 6.07) is 27.8. The van der Waals surface area contributed by atoms with Crippen LogP contribution in [-0.2, 0) is 30.9 Å². The highest BCUT2D eigenvalue weighted by Gasteiger charge is 2.74. The minimum atomic E-state index is -6.36. The molecule has 2 aliphatic carbocycles. The monoisotopic (exact) mass is 616 g/mol. The third-order valence-corrected chi connectivity index (χ3v) is 11.8. The minimum Gasteiger partial charge on any atom is -0.743 e. The Bertz CT molecular complexity index is 1480. The molecule has 0 heterocycles. The number of hydrogen-bond donors (Lipinski definition) is 0. The Balaban J connectivity index is 0.000000194. The van der Waals surface area contributed by atoms with Crippen LogP contribution in [0.15, 0.2) is 105 Å². The van der Waals surface area contributed by atoms with Crippen LogP contribution in [0, 0.1) is 11.3 Å². The van der Waals surface area contributed by atoms with Crippen LogP contribution >= 0.6 is 0 Å². The van der Waals surface area contributed by atoms with Gasteiger partial charge in [-0.1, -0.05) is 36.4 Å². The van der Waals surface area contributed by atoms with Gasteiger partial charge in [-0.3, -0.25) is 0 Å². The largest absolute Gasteiger partial charge is 0.743 e. The molecule has 0 saturated heterocycles. The third-order valence-electron chi connectivity index (χ3n) is 7.53. The number of fused-ring (bicyclic) bond motifs is 2. The van der Waals surface area contributed by atoms with Gasteiger partial charge in [0.2, 0.25) is 0 Å². The van der Waals surface area contributed by atoms with Crippen molar-refractivity contribution in [3.8, 4) is 0 Å². The Morgan fingerprint density at radius 1 is 0.750 bits per heavy atom. The van der Waals surface area contributed by atoms with Gasteiger partial charge >= 0.3 is 11.2 Å². The van der Waals surface area contributed by atoms with Gasteiger partial charge in [0, 0.05) is 11.7 Å². The second-order valence-corrected chi connectivity index (χ2v) is 15.6. The van der Waals surface area contributed by atoms with Crippen molar-refractivity contribution in [1.29, 1.82) is 0 Å². The van der Waals surface area contributed by atoms with E-state index in [-0.39, 0.29) is 36.1 Å². The van der Waals surface area contributed by atoms with Crippen LogP contribution in [0.2, 0.25) is 0 Å². The van der Waals surface area contributed by atoms with Crippen LogP contribution < -0.4 is 0 Å². The molecule has 2 bridgehead atoms. The van der Waals surface area contributed by atoms with Crippen molar-refractivity contribution in [3.63, 3.8) is 0 Å². The highest BCUT2D eigenvalue weighted by Crippen LogP contribution is 2.65. The van der Waals surface area contributed by atoms with Crippen molar-refractivity contribution < 1.29 is 39.0 Å². The maximum absolute atomic E-state index is 13.8. The first-order valence-corrected chi connectivity index (χ1v) is 17.0. The Labute approximate surface area is 234 Å². The molecule has 0 amide bonds. The minimum absolute atomic E-state index is 0.0500. The SMILES string of the molecule is CS(=O)(=O)c1ccc([S+](c2ccccc2)c2ccccc2)cc1.O=S(=O)([O-])C(F)(F)C(F)(F)C12CCC(CC1)C2. The summed E-state index contributed by atoms with van der Waals surface area (Å²) in [5, 5.41) is -5.53. The smallest absolute Gasteiger partial charge is 0.396 e. The molecule has 3 aromatic carbocycles. The maximum atomic E-state index is 13.8. The van der Waals surface area contributed by atoms with Crippen LogP contribution in [0.1, 0.15) is 32.1 Å². The number of alkyl halides is 4. The fourth-order valence-corrected chi connectivity index (χ4v) is 8.69. The van der Waals surface area contributed by atoms with Gasteiger partial charge in [0.1, 0.15) is 0 Å². The molecule has 0 aromatic heterocycles. The van der Waals surface area contributed by atoms with Gasteiger partial charge in [-0.25, -0.2) is 16.8 Å². The topological polar surface area (TPSA) is 91.3 Å². The predicted octanol–water partition coefficient (Wildman–Crippen LogP) is 6.53. The summed E-state index contributed by atoms with van der Waals surface area (Å²) < 4.78 is 108. The Hall–Kier alpha value is -2.41. The molecule has 0 aliphatic heterocycles. The summed E-state index contributed by atoms with van der Waals surface area (Å²) >= 11 is 0. The van der Waals surface area contributed by atoms with Gasteiger partial charge in [0.05, 0.1) is 15.8 Å². The summed E-state index contributed by atoms with van der Waals surface area (Å²) in [6.07, 6.45) is 1.61. The van der Waals surface area contributed by atoms with Crippen LogP contribution in [0.5, 0.6) is 0 Å². The van der Waals surface area contributed by atoms with E-state index >= 15 is 0 Å². The standard InChI is InChI=1S/C19H17O2S2.C9H12F4O3S/c1-23(20,21)19-14-12-18(13-15-19)22(16-8-4-2-5-9-16)17-10-6-3-7-11-17;10-8(11,9(12,13)17(14,15)16)7-3-1-6(5-7)2-4-7/h2-15H,1H3;6H,1-5H2,(H,14,15,16)/q+1;/p-1. The molecule has 0 unspecified atom stereocenters. The highest BCUT2D eigenvalue weighted by molar-refractivity contribution is 7.97. The number of halogens is 4. The lowest BCUT2D eigenvalue weighted by Crippen LogP contribution is -2.56. The molecular weight excluding hydrogens is 588 g/mol. The van der Waals surface area contributed by atoms with Gasteiger partial charge in [-0.2, -0.15) is 17.6 Å². The summed E-state index contributed by atoms with van der Waals surface area (Å²) in [6.45, 7) is 0. The van der Waals surface area contributed by atoms with Gasteiger partial charge in [0.25, 0.3) is 0 Å². The molecule has 5 nitrogen and oxygen atoms in total. The number of hydrogen-bond acceptors (Lipinski definition) is 5. The normalized spacial score (nSPS) is 21.2. The van der Waals surface area contributed by atoms with Crippen molar-refractivity contribution >= 4 is 30.9 Å². The summed E-state index contributed by atoms with van der Waals surface area (Å²) in [7, 11) is -9.78. The van der Waals surface area contributed by atoms with E-state index in [1.807, 2.05) is 48.5 Å². The van der Waals surface area contributed by atoms with Gasteiger partial charge in [0.15, 0.2) is 34.6 Å². The highest BCUT2D eigenvalue weighted by atomic mass is 32.2. The molecule has 2 fully saturated rings. The van der Waals surface area contributed by atoms with E-state index in [0.29, 0.717) is 17.7 Å². The zero-order chi connectivity index (χ0) is 29.4. The molecule has 5 rings (SSSR count).